The molecule has 164 valence electrons. The third kappa shape index (κ3) is 3.05. The number of aromatic nitrogens is 2. The number of hydrogen-bond donors (Lipinski definition) is 1. The van der Waals surface area contributed by atoms with Crippen LogP contribution >= 0.6 is 0 Å². The molecule has 5 nitrogen and oxygen atoms in total. The topological polar surface area (TPSA) is 78.1 Å². The minimum atomic E-state index is -0.439. The first kappa shape index (κ1) is 20.8. The molecule has 6 heteroatoms. The van der Waals surface area contributed by atoms with Crippen molar-refractivity contribution in [3.05, 3.63) is 82.8 Å². The Hall–Kier alpha value is -3.12. The van der Waals surface area contributed by atoms with Crippen LogP contribution in [0.5, 0.6) is 0 Å². The van der Waals surface area contributed by atoms with E-state index in [1.165, 1.54) is 11.6 Å². The van der Waals surface area contributed by atoms with Crippen molar-refractivity contribution in [3.63, 3.8) is 0 Å². The lowest BCUT2D eigenvalue weighted by Crippen LogP contribution is -2.40. The van der Waals surface area contributed by atoms with Crippen LogP contribution in [-0.2, 0) is 16.8 Å². The van der Waals surface area contributed by atoms with E-state index in [1.807, 2.05) is 24.3 Å². The molecule has 2 unspecified atom stereocenters. The first-order valence-electron chi connectivity index (χ1n) is 10.9. The summed E-state index contributed by atoms with van der Waals surface area (Å²) in [5.74, 6) is -0.382. The summed E-state index contributed by atoms with van der Waals surface area (Å²) >= 11 is 0. The SMILES string of the molecule is CC1(C)C2CCC1(COCc1ccc(C(N)=O)cc1)c1nnc(-c3ccccc3F)cc12. The maximum atomic E-state index is 14.3. The molecule has 1 fully saturated rings. The molecule has 2 bridgehead atoms. The van der Waals surface area contributed by atoms with Crippen molar-refractivity contribution in [1.29, 1.82) is 0 Å². The number of amides is 1. The molecule has 3 aromatic rings. The third-order valence-corrected chi connectivity index (χ3v) is 7.62. The summed E-state index contributed by atoms with van der Waals surface area (Å²) < 4.78 is 20.5. The van der Waals surface area contributed by atoms with Crippen LogP contribution in [0.3, 0.4) is 0 Å². The summed E-state index contributed by atoms with van der Waals surface area (Å²) in [6, 6.07) is 15.9. The van der Waals surface area contributed by atoms with Gasteiger partial charge in [-0.2, -0.15) is 10.2 Å². The number of halogens is 1. The van der Waals surface area contributed by atoms with Gasteiger partial charge >= 0.3 is 0 Å². The molecule has 2 aromatic carbocycles. The number of hydrogen-bond acceptors (Lipinski definition) is 4. The molecule has 1 amide bonds. The van der Waals surface area contributed by atoms with E-state index in [2.05, 4.69) is 24.0 Å². The predicted molar refractivity (Wildman–Crippen MR) is 119 cm³/mol. The van der Waals surface area contributed by atoms with Crippen molar-refractivity contribution in [1.82, 2.24) is 10.2 Å². The van der Waals surface area contributed by atoms with Gasteiger partial charge in [-0.3, -0.25) is 4.79 Å². The number of ether oxygens (including phenoxy) is 1. The highest BCUT2D eigenvalue weighted by Crippen LogP contribution is 2.67. The molecule has 1 aromatic heterocycles. The van der Waals surface area contributed by atoms with E-state index in [-0.39, 0.29) is 16.6 Å². The van der Waals surface area contributed by atoms with Crippen molar-refractivity contribution in [3.8, 4) is 11.3 Å². The van der Waals surface area contributed by atoms with E-state index in [0.29, 0.717) is 36.0 Å². The molecule has 2 aliphatic rings. The summed E-state index contributed by atoms with van der Waals surface area (Å²) in [5.41, 5.74) is 9.75. The maximum absolute atomic E-state index is 14.3. The van der Waals surface area contributed by atoms with E-state index in [1.54, 1.807) is 24.3 Å². The number of carbonyl (C=O) groups is 1. The van der Waals surface area contributed by atoms with Crippen LogP contribution in [0, 0.1) is 11.2 Å². The number of primary amides is 1. The van der Waals surface area contributed by atoms with Crippen LogP contribution in [-0.4, -0.2) is 22.7 Å². The smallest absolute Gasteiger partial charge is 0.248 e. The number of carbonyl (C=O) groups excluding carboxylic acids is 1. The molecule has 0 aliphatic heterocycles. The fourth-order valence-corrected chi connectivity index (χ4v) is 5.65. The summed E-state index contributed by atoms with van der Waals surface area (Å²) in [5, 5.41) is 9.05. The van der Waals surface area contributed by atoms with E-state index in [0.717, 1.165) is 24.1 Å². The van der Waals surface area contributed by atoms with Crippen molar-refractivity contribution in [2.75, 3.05) is 6.61 Å². The standard InChI is InChI=1S/C26H26FN3O2/c1-25(2)20-11-12-26(25,15-32-14-16-7-9-17(10-8-16)24(28)31)23-19(20)13-22(29-30-23)18-5-3-4-6-21(18)27/h3-10,13,20H,11-12,14-15H2,1-2H3,(H2,28,31). The highest BCUT2D eigenvalue weighted by Gasteiger charge is 2.63. The molecule has 5 rings (SSSR count). The first-order valence-corrected chi connectivity index (χ1v) is 10.9. The zero-order valence-corrected chi connectivity index (χ0v) is 18.3. The average molecular weight is 432 g/mol. The minimum Gasteiger partial charge on any atom is -0.376 e. The summed E-state index contributed by atoms with van der Waals surface area (Å²) in [6.45, 7) is 5.53. The average Bonchev–Trinajstić information content (AvgIpc) is 3.14. The Bertz CT molecular complexity index is 1190. The second-order valence-corrected chi connectivity index (χ2v) is 9.46. The van der Waals surface area contributed by atoms with Gasteiger partial charge < -0.3 is 10.5 Å². The number of benzene rings is 2. The van der Waals surface area contributed by atoms with Crippen molar-refractivity contribution in [2.24, 2.45) is 11.1 Å². The lowest BCUT2D eigenvalue weighted by molar-refractivity contribution is 0.0309. The number of nitrogens with two attached hydrogens (primary N) is 1. The quantitative estimate of drug-likeness (QED) is 0.611. The summed E-state index contributed by atoms with van der Waals surface area (Å²) in [6.07, 6.45) is 2.05. The van der Waals surface area contributed by atoms with Gasteiger partial charge in [-0.15, -0.1) is 0 Å². The number of rotatable bonds is 6. The maximum Gasteiger partial charge on any atom is 0.248 e. The van der Waals surface area contributed by atoms with Gasteiger partial charge in [0, 0.05) is 16.5 Å². The molecule has 0 saturated heterocycles. The fourth-order valence-electron chi connectivity index (χ4n) is 5.65. The third-order valence-electron chi connectivity index (χ3n) is 7.62. The Morgan fingerprint density at radius 3 is 2.62 bits per heavy atom. The molecular weight excluding hydrogens is 405 g/mol. The molecule has 0 radical (unpaired) electrons. The van der Waals surface area contributed by atoms with E-state index < -0.39 is 5.91 Å². The van der Waals surface area contributed by atoms with Gasteiger partial charge in [-0.25, -0.2) is 4.39 Å². The van der Waals surface area contributed by atoms with Crippen LogP contribution in [0.25, 0.3) is 11.3 Å². The van der Waals surface area contributed by atoms with Gasteiger partial charge in [0.2, 0.25) is 5.91 Å². The highest BCUT2D eigenvalue weighted by molar-refractivity contribution is 5.92. The lowest BCUT2D eigenvalue weighted by Gasteiger charge is -2.37. The normalized spacial score (nSPS) is 22.7. The molecule has 2 N–H and O–H groups in total. The Kier molecular flexibility index (Phi) is 4.86. The minimum absolute atomic E-state index is 0.0340. The van der Waals surface area contributed by atoms with Crippen LogP contribution in [0.4, 0.5) is 4.39 Å². The molecule has 1 heterocycles. The van der Waals surface area contributed by atoms with Gasteiger partial charge in [0.1, 0.15) is 5.82 Å². The largest absolute Gasteiger partial charge is 0.376 e. The van der Waals surface area contributed by atoms with Crippen LogP contribution in [0.15, 0.2) is 54.6 Å². The fraction of sp³-hybridized carbons (Fsp3) is 0.346. The Labute approximate surface area is 186 Å². The lowest BCUT2D eigenvalue weighted by atomic mass is 9.69. The molecular formula is C26H26FN3O2. The van der Waals surface area contributed by atoms with Crippen LogP contribution in [0.1, 0.15) is 59.8 Å². The Morgan fingerprint density at radius 1 is 1.16 bits per heavy atom. The molecule has 0 spiro atoms. The van der Waals surface area contributed by atoms with Crippen molar-refractivity contribution < 1.29 is 13.9 Å². The van der Waals surface area contributed by atoms with E-state index in [9.17, 15) is 9.18 Å². The van der Waals surface area contributed by atoms with Crippen molar-refractivity contribution >= 4 is 5.91 Å². The Morgan fingerprint density at radius 2 is 1.91 bits per heavy atom. The van der Waals surface area contributed by atoms with Gasteiger partial charge in [0.15, 0.2) is 0 Å². The van der Waals surface area contributed by atoms with Crippen LogP contribution in [0.2, 0.25) is 0 Å². The van der Waals surface area contributed by atoms with Crippen LogP contribution < -0.4 is 5.73 Å². The second kappa shape index (κ2) is 7.48. The second-order valence-electron chi connectivity index (χ2n) is 9.46. The molecule has 1 saturated carbocycles. The molecule has 2 atom stereocenters. The molecule has 2 aliphatic carbocycles. The predicted octanol–water partition coefficient (Wildman–Crippen LogP) is 4.75. The van der Waals surface area contributed by atoms with Gasteiger partial charge in [0.25, 0.3) is 0 Å². The summed E-state index contributed by atoms with van der Waals surface area (Å²) in [4.78, 5) is 11.3. The molecule has 32 heavy (non-hydrogen) atoms. The Balaban J connectivity index is 1.41. The van der Waals surface area contributed by atoms with Gasteiger partial charge in [-0.05, 0) is 65.6 Å². The number of nitrogens with zero attached hydrogens (tertiary/aromatic N) is 2. The van der Waals surface area contributed by atoms with Gasteiger partial charge in [-0.1, -0.05) is 38.1 Å². The zero-order chi connectivity index (χ0) is 22.5. The van der Waals surface area contributed by atoms with E-state index >= 15 is 0 Å². The highest BCUT2D eigenvalue weighted by atomic mass is 19.1. The van der Waals surface area contributed by atoms with Gasteiger partial charge in [0.05, 0.1) is 24.6 Å². The monoisotopic (exact) mass is 431 g/mol. The zero-order valence-electron chi connectivity index (χ0n) is 18.3. The summed E-state index contributed by atoms with van der Waals surface area (Å²) in [7, 11) is 0. The van der Waals surface area contributed by atoms with E-state index in [4.69, 9.17) is 10.5 Å². The van der Waals surface area contributed by atoms with Crippen molar-refractivity contribution in [2.45, 2.75) is 44.6 Å². The first-order chi connectivity index (χ1) is 15.3. The number of fused-ring (bicyclic) bond motifs is 5.